The molecule has 10 heteroatoms. The molecule has 0 heterocycles. The van der Waals surface area contributed by atoms with E-state index in [1.54, 1.807) is 13.8 Å². The molecule has 1 N–H and O–H groups in total. The number of ketones is 1. The van der Waals surface area contributed by atoms with Crippen LogP contribution < -0.4 is 0 Å². The van der Waals surface area contributed by atoms with Gasteiger partial charge in [-0.2, -0.15) is 0 Å². The number of aliphatic hydroxyl groups excluding tert-OH is 1. The van der Waals surface area contributed by atoms with Crippen molar-refractivity contribution < 1.29 is 46.9 Å². The van der Waals surface area contributed by atoms with E-state index in [-0.39, 0.29) is 30.8 Å². The van der Waals surface area contributed by atoms with Crippen molar-refractivity contribution in [1.29, 1.82) is 0 Å². The minimum absolute atomic E-state index is 0.0167. The number of halogens is 3. The Labute approximate surface area is 232 Å². The lowest BCUT2D eigenvalue weighted by atomic mass is 9.44. The number of hydrogen-bond acceptors (Lipinski definition) is 7. The summed E-state index contributed by atoms with van der Waals surface area (Å²) < 4.78 is 62.9. The first-order chi connectivity index (χ1) is 18.8. The molecule has 0 spiro atoms. The predicted molar refractivity (Wildman–Crippen MR) is 137 cm³/mol. The Morgan fingerprint density at radius 2 is 1.82 bits per heavy atom. The third kappa shape index (κ3) is 3.83. The van der Waals surface area contributed by atoms with Gasteiger partial charge in [-0.1, -0.05) is 33.3 Å². The van der Waals surface area contributed by atoms with Gasteiger partial charge in [-0.3, -0.25) is 4.79 Å². The number of ether oxygens (including phenoxy) is 3. The maximum absolute atomic E-state index is 17.5. The smallest absolute Gasteiger partial charge is 0.431 e. The van der Waals surface area contributed by atoms with Crippen LogP contribution in [0.4, 0.5) is 18.0 Å². The third-order valence-electron chi connectivity index (χ3n) is 11.2. The number of fused-ring (bicyclic) bond motifs is 5. The Morgan fingerprint density at radius 1 is 1.12 bits per heavy atom. The number of aliphatic hydroxyl groups is 1. The predicted octanol–water partition coefficient (Wildman–Crippen LogP) is 5.49. The van der Waals surface area contributed by atoms with Gasteiger partial charge in [0.1, 0.15) is 12.3 Å². The summed E-state index contributed by atoms with van der Waals surface area (Å²) in [6, 6.07) is 0. The van der Waals surface area contributed by atoms with Crippen molar-refractivity contribution in [1.82, 2.24) is 0 Å². The number of carbonyl (C=O) groups is 3. The topological polar surface area (TPSA) is 99.1 Å². The molecule has 11 atom stereocenters. The number of alkyl halides is 3. The van der Waals surface area contributed by atoms with Gasteiger partial charge in [-0.05, 0) is 75.0 Å². The quantitative estimate of drug-likeness (QED) is 0.448. The molecule has 4 saturated carbocycles. The fourth-order valence-corrected chi connectivity index (χ4v) is 9.11. The first kappa shape index (κ1) is 29.1. The van der Waals surface area contributed by atoms with Crippen LogP contribution in [0.15, 0.2) is 23.8 Å². The fourth-order valence-electron chi connectivity index (χ4n) is 9.11. The molecule has 40 heavy (non-hydrogen) atoms. The molecule has 5 aliphatic rings. The molecule has 5 rings (SSSR count). The van der Waals surface area contributed by atoms with Crippen molar-refractivity contribution in [2.24, 2.45) is 34.5 Å². The van der Waals surface area contributed by atoms with Gasteiger partial charge in [-0.25, -0.2) is 22.8 Å². The summed E-state index contributed by atoms with van der Waals surface area (Å²) in [7, 11) is 0. The highest BCUT2D eigenvalue weighted by atomic mass is 19.1. The zero-order valence-electron chi connectivity index (χ0n) is 23.5. The zero-order valence-corrected chi connectivity index (χ0v) is 23.5. The van der Waals surface area contributed by atoms with Crippen molar-refractivity contribution in [2.45, 2.75) is 102 Å². The molecule has 4 fully saturated rings. The largest absolute Gasteiger partial charge is 0.509 e. The Hall–Kier alpha value is -2.36. The van der Waals surface area contributed by atoms with Gasteiger partial charge in [0.05, 0.1) is 6.10 Å². The van der Waals surface area contributed by atoms with Gasteiger partial charge >= 0.3 is 12.1 Å². The van der Waals surface area contributed by atoms with Crippen LogP contribution in [-0.4, -0.2) is 59.5 Å². The summed E-state index contributed by atoms with van der Waals surface area (Å²) in [4.78, 5) is 38.9. The first-order valence-electron chi connectivity index (χ1n) is 14.3. The monoisotopic (exact) mass is 568 g/mol. The zero-order chi connectivity index (χ0) is 29.3. The van der Waals surface area contributed by atoms with Crippen LogP contribution in [-0.2, 0) is 23.8 Å². The van der Waals surface area contributed by atoms with Crippen molar-refractivity contribution in [3.05, 3.63) is 23.8 Å². The standard InChI is InChI=1S/C30H39F3O7/c1-16-7-5-6-8-23(16)39-26(37)40-30(25(36)38-15-31)17(2)11-19-20-13-22(32)21-12-18(34)9-10-27(21,3)29(20,33)24(35)14-28(19,30)4/h9-10,12,16-17,19-20,22-24,35H,5-8,11,13-15H2,1-4H3/t16-,17-,19+,20+,22+,23+,24+,27+,28+,29?,30-/m1/s1. The maximum atomic E-state index is 17.5. The van der Waals surface area contributed by atoms with Gasteiger partial charge < -0.3 is 19.3 Å². The summed E-state index contributed by atoms with van der Waals surface area (Å²) in [5, 5.41) is 11.6. The van der Waals surface area contributed by atoms with Crippen molar-refractivity contribution in [2.75, 3.05) is 6.86 Å². The van der Waals surface area contributed by atoms with Gasteiger partial charge in [0.15, 0.2) is 11.5 Å². The average Bonchev–Trinajstić information content (AvgIpc) is 3.10. The number of hydrogen-bond donors (Lipinski definition) is 1. The van der Waals surface area contributed by atoms with E-state index in [9.17, 15) is 23.9 Å². The Bertz CT molecular complexity index is 1140. The van der Waals surface area contributed by atoms with Crippen LogP contribution in [0.3, 0.4) is 0 Å². The van der Waals surface area contributed by atoms with Crippen LogP contribution in [0.25, 0.3) is 0 Å². The molecule has 0 aliphatic heterocycles. The molecule has 0 bridgehead atoms. The van der Waals surface area contributed by atoms with Crippen molar-refractivity contribution in [3.8, 4) is 0 Å². The van der Waals surface area contributed by atoms with E-state index in [4.69, 9.17) is 14.2 Å². The van der Waals surface area contributed by atoms with E-state index in [2.05, 4.69) is 0 Å². The molecule has 1 unspecified atom stereocenters. The second-order valence-corrected chi connectivity index (χ2v) is 13.0. The van der Waals surface area contributed by atoms with Crippen LogP contribution in [0, 0.1) is 34.5 Å². The summed E-state index contributed by atoms with van der Waals surface area (Å²) in [5.41, 5.74) is -7.52. The minimum atomic E-state index is -2.37. The first-order valence-corrected chi connectivity index (χ1v) is 14.3. The van der Waals surface area contributed by atoms with Gasteiger partial charge in [0.25, 0.3) is 0 Å². The minimum Gasteiger partial charge on any atom is -0.431 e. The van der Waals surface area contributed by atoms with Crippen molar-refractivity contribution >= 4 is 17.9 Å². The van der Waals surface area contributed by atoms with Gasteiger partial charge in [0.2, 0.25) is 12.5 Å². The molecular formula is C30H39F3O7. The van der Waals surface area contributed by atoms with E-state index in [1.807, 2.05) is 6.92 Å². The lowest BCUT2D eigenvalue weighted by Crippen LogP contribution is -2.71. The average molecular weight is 569 g/mol. The fraction of sp³-hybridized carbons (Fsp3) is 0.767. The summed E-state index contributed by atoms with van der Waals surface area (Å²) >= 11 is 0. The molecule has 0 radical (unpaired) electrons. The normalized spacial score (nSPS) is 47.9. The van der Waals surface area contributed by atoms with E-state index in [0.29, 0.717) is 6.42 Å². The maximum Gasteiger partial charge on any atom is 0.509 e. The Morgan fingerprint density at radius 3 is 2.50 bits per heavy atom. The summed E-state index contributed by atoms with van der Waals surface area (Å²) in [6.07, 6.45) is 1.58. The van der Waals surface area contributed by atoms with Gasteiger partial charge in [0, 0.05) is 22.7 Å². The highest BCUT2D eigenvalue weighted by Gasteiger charge is 2.79. The Balaban J connectivity index is 1.55. The van der Waals surface area contributed by atoms with Gasteiger partial charge in [-0.15, -0.1) is 0 Å². The SMILES string of the molecule is C[C@@H]1CCCC[C@@H]1OC(=O)O[C@@]1(C(=O)OCF)[C@H](C)C[C@H]2[C@@H]3C[C@H](F)C4=CC(=O)C=C[C@]4(C)C3(F)[C@@H](O)C[C@@]21C. The molecule has 0 aromatic rings. The van der Waals surface area contributed by atoms with Crippen molar-refractivity contribution in [3.63, 3.8) is 0 Å². The molecule has 5 aliphatic carbocycles. The van der Waals surface area contributed by atoms with Crippen LogP contribution in [0.2, 0.25) is 0 Å². The van der Waals surface area contributed by atoms with Crippen LogP contribution >= 0.6 is 0 Å². The lowest BCUT2D eigenvalue weighted by Gasteiger charge is -2.62. The summed E-state index contributed by atoms with van der Waals surface area (Å²) in [5.74, 6) is -4.12. The summed E-state index contributed by atoms with van der Waals surface area (Å²) in [6.45, 7) is 5.21. The number of rotatable bonds is 4. The molecule has 0 aromatic carbocycles. The number of allylic oxidation sites excluding steroid dienone is 4. The van der Waals surface area contributed by atoms with Crippen LogP contribution in [0.5, 0.6) is 0 Å². The number of esters is 1. The van der Waals surface area contributed by atoms with E-state index in [1.165, 1.54) is 19.1 Å². The Kier molecular flexibility index (Phi) is 7.20. The molecule has 7 nitrogen and oxygen atoms in total. The second-order valence-electron chi connectivity index (χ2n) is 13.0. The highest BCUT2D eigenvalue weighted by Crippen LogP contribution is 2.71. The highest BCUT2D eigenvalue weighted by molar-refractivity contribution is 6.01. The van der Waals surface area contributed by atoms with E-state index in [0.717, 1.165) is 25.3 Å². The van der Waals surface area contributed by atoms with E-state index < -0.39 is 83.0 Å². The molecular weight excluding hydrogens is 529 g/mol. The molecule has 222 valence electrons. The van der Waals surface area contributed by atoms with Crippen LogP contribution in [0.1, 0.15) is 72.6 Å². The van der Waals surface area contributed by atoms with E-state index >= 15 is 8.78 Å². The molecule has 0 aromatic heterocycles. The third-order valence-corrected chi connectivity index (χ3v) is 11.2. The second kappa shape index (κ2) is 9.88. The molecule has 0 amide bonds. The number of carbonyl (C=O) groups excluding carboxylic acids is 3. The molecule has 0 saturated heterocycles. The lowest BCUT2D eigenvalue weighted by molar-refractivity contribution is -0.236.